The Morgan fingerprint density at radius 2 is 0.903 bits per heavy atom. The van der Waals surface area contributed by atoms with E-state index in [0.29, 0.717) is 43.9 Å². The summed E-state index contributed by atoms with van der Waals surface area (Å²) in [5, 5.41) is 2.34. The Balaban J connectivity index is 1.47. The second-order valence-corrected chi connectivity index (χ2v) is 10.3. The van der Waals surface area contributed by atoms with Crippen LogP contribution in [0.25, 0.3) is 43.9 Å². The maximum atomic E-state index is 12.9. The molecule has 0 aliphatic carbocycles. The topological polar surface area (TPSA) is 60.4 Å². The average Bonchev–Trinajstić information content (AvgIpc) is 2.80. The normalized spacial score (nSPS) is 11.6. The molecule has 0 saturated heterocycles. The molecule has 0 atom stereocenters. The smallest absolute Gasteiger partial charge is 0.357 e. The molecule has 0 amide bonds. The lowest BCUT2D eigenvalue weighted by Crippen LogP contribution is -3.61. The van der Waals surface area contributed by atoms with Crippen LogP contribution in [0.3, 0.4) is 0 Å². The highest BCUT2D eigenvalue weighted by atomic mass is 127. The maximum absolute atomic E-state index is 12.9. The SMILES string of the molecule is O=c1c2ccccc2oc2ccc([I+]c3ccc4oc5ccccc5c(=O)c4c3)cc12. The second-order valence-electron chi connectivity index (χ2n) is 7.23. The fourth-order valence-electron chi connectivity index (χ4n) is 3.79. The Morgan fingerprint density at radius 1 is 0.484 bits per heavy atom. The minimum Gasteiger partial charge on any atom is -0.456 e. The van der Waals surface area contributed by atoms with Gasteiger partial charge < -0.3 is 8.83 Å². The number of benzene rings is 4. The van der Waals surface area contributed by atoms with Gasteiger partial charge in [-0.05, 0) is 48.5 Å². The molecule has 0 bridgehead atoms. The summed E-state index contributed by atoms with van der Waals surface area (Å²) in [7, 11) is 0. The van der Waals surface area contributed by atoms with E-state index < -0.39 is 21.2 Å². The van der Waals surface area contributed by atoms with Gasteiger partial charge in [-0.3, -0.25) is 9.59 Å². The Kier molecular flexibility index (Phi) is 4.17. The van der Waals surface area contributed by atoms with Crippen LogP contribution in [-0.2, 0) is 0 Å². The van der Waals surface area contributed by atoms with Crippen LogP contribution in [0, 0.1) is 7.14 Å². The van der Waals surface area contributed by atoms with E-state index in [4.69, 9.17) is 8.83 Å². The Hall–Kier alpha value is -3.45. The Morgan fingerprint density at radius 3 is 1.39 bits per heavy atom. The minimum absolute atomic E-state index is 0.0201. The number of halogens is 1. The van der Waals surface area contributed by atoms with E-state index in [1.54, 1.807) is 24.3 Å². The molecule has 0 aliphatic rings. The number of rotatable bonds is 2. The van der Waals surface area contributed by atoms with Gasteiger partial charge in [0.05, 0.1) is 21.5 Å². The molecule has 5 heteroatoms. The van der Waals surface area contributed by atoms with Crippen molar-refractivity contribution in [1.82, 2.24) is 0 Å². The monoisotopic (exact) mass is 517 g/mol. The number of hydrogen-bond donors (Lipinski definition) is 0. The van der Waals surface area contributed by atoms with E-state index in [9.17, 15) is 9.59 Å². The molecule has 0 aliphatic heterocycles. The summed E-state index contributed by atoms with van der Waals surface area (Å²) in [6.07, 6.45) is 0. The first-order valence-corrected chi connectivity index (χ1v) is 11.9. The molecular weight excluding hydrogens is 503 g/mol. The molecule has 0 unspecified atom stereocenters. The zero-order valence-corrected chi connectivity index (χ0v) is 18.3. The summed E-state index contributed by atoms with van der Waals surface area (Å²) in [5.74, 6) is 0. The predicted molar refractivity (Wildman–Crippen MR) is 117 cm³/mol. The molecule has 0 radical (unpaired) electrons. The first kappa shape index (κ1) is 18.3. The zero-order chi connectivity index (χ0) is 20.9. The van der Waals surface area contributed by atoms with Crippen molar-refractivity contribution in [2.75, 3.05) is 0 Å². The molecule has 2 aromatic heterocycles. The molecule has 148 valence electrons. The lowest BCUT2D eigenvalue weighted by molar-refractivity contribution is -0.597. The van der Waals surface area contributed by atoms with Gasteiger partial charge in [0.25, 0.3) is 0 Å². The van der Waals surface area contributed by atoms with Crippen LogP contribution in [0.1, 0.15) is 0 Å². The number of hydrogen-bond acceptors (Lipinski definition) is 4. The van der Waals surface area contributed by atoms with Gasteiger partial charge in [-0.15, -0.1) is 0 Å². The van der Waals surface area contributed by atoms with Gasteiger partial charge in [0, 0.05) is 12.1 Å². The third kappa shape index (κ3) is 3.04. The molecule has 0 saturated carbocycles. The third-order valence-corrected chi connectivity index (χ3v) is 7.88. The summed E-state index contributed by atoms with van der Waals surface area (Å²) < 4.78 is 14.0. The summed E-state index contributed by atoms with van der Waals surface area (Å²) in [4.78, 5) is 25.9. The van der Waals surface area contributed by atoms with Crippen molar-refractivity contribution in [2.45, 2.75) is 0 Å². The van der Waals surface area contributed by atoms with Crippen molar-refractivity contribution in [3.05, 3.63) is 113 Å². The van der Waals surface area contributed by atoms with Gasteiger partial charge in [0.1, 0.15) is 22.3 Å². The largest absolute Gasteiger partial charge is 0.456 e. The van der Waals surface area contributed by atoms with Crippen molar-refractivity contribution in [3.8, 4) is 0 Å². The molecule has 0 fully saturated rings. The Bertz CT molecular complexity index is 1630. The van der Waals surface area contributed by atoms with E-state index in [0.717, 1.165) is 7.14 Å². The van der Waals surface area contributed by atoms with Gasteiger partial charge in [-0.1, -0.05) is 24.3 Å². The molecular formula is C26H14IO4+. The summed E-state index contributed by atoms with van der Waals surface area (Å²) in [6, 6.07) is 26.2. The highest BCUT2D eigenvalue weighted by Crippen LogP contribution is 2.19. The third-order valence-electron chi connectivity index (χ3n) is 5.29. The van der Waals surface area contributed by atoms with E-state index >= 15 is 0 Å². The standard InChI is InChI=1S/C26H14IO4/c28-25-17-5-1-3-7-21(17)30-23-11-9-15(13-19(23)25)27-16-10-12-24-20(14-16)26(29)18-6-2-4-8-22(18)31-24/h1-14H/q+1. The molecule has 4 aromatic carbocycles. The van der Waals surface area contributed by atoms with Crippen LogP contribution in [0.2, 0.25) is 0 Å². The second kappa shape index (κ2) is 7.06. The van der Waals surface area contributed by atoms with Gasteiger partial charge in [0.2, 0.25) is 10.9 Å². The highest BCUT2D eigenvalue weighted by Gasteiger charge is 2.20. The number of para-hydroxylation sites is 2. The maximum Gasteiger partial charge on any atom is 0.357 e. The molecule has 0 N–H and O–H groups in total. The quantitative estimate of drug-likeness (QED) is 0.262. The van der Waals surface area contributed by atoms with Crippen LogP contribution in [-0.4, -0.2) is 0 Å². The van der Waals surface area contributed by atoms with E-state index in [1.165, 1.54) is 0 Å². The molecule has 6 aromatic rings. The van der Waals surface area contributed by atoms with Crippen LogP contribution in [0.5, 0.6) is 0 Å². The molecule has 0 spiro atoms. The number of fused-ring (bicyclic) bond motifs is 4. The van der Waals surface area contributed by atoms with E-state index in [1.807, 2.05) is 60.7 Å². The van der Waals surface area contributed by atoms with Gasteiger partial charge in [-0.2, -0.15) is 0 Å². The average molecular weight is 517 g/mol. The van der Waals surface area contributed by atoms with E-state index in [-0.39, 0.29) is 10.9 Å². The van der Waals surface area contributed by atoms with Gasteiger partial charge in [-0.25, -0.2) is 0 Å². The Labute approximate surface area is 186 Å². The van der Waals surface area contributed by atoms with Crippen molar-refractivity contribution >= 4 is 43.9 Å². The molecule has 4 nitrogen and oxygen atoms in total. The van der Waals surface area contributed by atoms with Crippen molar-refractivity contribution in [1.29, 1.82) is 0 Å². The lowest BCUT2D eigenvalue weighted by atomic mass is 10.1. The first-order chi connectivity index (χ1) is 15.2. The predicted octanol–water partition coefficient (Wildman–Crippen LogP) is 2.33. The fourth-order valence-corrected chi connectivity index (χ4v) is 6.17. The van der Waals surface area contributed by atoms with Crippen molar-refractivity contribution in [2.24, 2.45) is 0 Å². The lowest BCUT2D eigenvalue weighted by Gasteiger charge is -2.01. The van der Waals surface area contributed by atoms with Crippen molar-refractivity contribution in [3.63, 3.8) is 0 Å². The summed E-state index contributed by atoms with van der Waals surface area (Å²) in [6.45, 7) is 0. The minimum atomic E-state index is -0.596. The highest BCUT2D eigenvalue weighted by molar-refractivity contribution is 5.90. The molecule has 2 heterocycles. The van der Waals surface area contributed by atoms with Gasteiger partial charge >= 0.3 is 21.2 Å². The first-order valence-electron chi connectivity index (χ1n) is 9.73. The zero-order valence-electron chi connectivity index (χ0n) is 16.1. The van der Waals surface area contributed by atoms with Crippen LogP contribution in [0.4, 0.5) is 0 Å². The van der Waals surface area contributed by atoms with Crippen LogP contribution >= 0.6 is 0 Å². The van der Waals surface area contributed by atoms with E-state index in [2.05, 4.69) is 0 Å². The van der Waals surface area contributed by atoms with Gasteiger partial charge in [0.15, 0.2) is 7.14 Å². The summed E-state index contributed by atoms with van der Waals surface area (Å²) >= 11 is -0.596. The molecule has 6 rings (SSSR count). The van der Waals surface area contributed by atoms with Crippen molar-refractivity contribution < 1.29 is 30.0 Å². The fraction of sp³-hybridized carbons (Fsp3) is 0. The van der Waals surface area contributed by atoms with Crippen LogP contribution < -0.4 is 32.1 Å². The summed E-state index contributed by atoms with van der Waals surface area (Å²) in [5.41, 5.74) is 2.32. The molecule has 31 heavy (non-hydrogen) atoms. The van der Waals surface area contributed by atoms with Crippen LogP contribution in [0.15, 0.2) is 103 Å².